The van der Waals surface area contributed by atoms with Crippen molar-refractivity contribution < 1.29 is 28.2 Å². The van der Waals surface area contributed by atoms with Crippen molar-refractivity contribution in [3.63, 3.8) is 0 Å². The summed E-state index contributed by atoms with van der Waals surface area (Å²) < 4.78 is 28.8. The van der Waals surface area contributed by atoms with Crippen molar-refractivity contribution >= 4 is 39.9 Å². The Morgan fingerprint density at radius 3 is 2.33 bits per heavy atom. The Labute approximate surface area is 264 Å². The van der Waals surface area contributed by atoms with Crippen LogP contribution in [0.1, 0.15) is 31.2 Å². The van der Waals surface area contributed by atoms with Crippen molar-refractivity contribution in [3.8, 4) is 11.3 Å². The predicted molar refractivity (Wildman–Crippen MR) is 168 cm³/mol. The largest absolute Gasteiger partial charge is 0.424 e. The van der Waals surface area contributed by atoms with Gasteiger partial charge in [-0.3, -0.25) is 4.79 Å². The highest BCUT2D eigenvalue weighted by atomic mass is 16.6. The number of fused-ring (bicyclic) bond motifs is 2. The van der Waals surface area contributed by atoms with E-state index in [2.05, 4.69) is 37.2 Å². The van der Waals surface area contributed by atoms with Gasteiger partial charge in [0, 0.05) is 36.5 Å². The zero-order valence-corrected chi connectivity index (χ0v) is 25.7. The van der Waals surface area contributed by atoms with E-state index in [4.69, 9.17) is 39.9 Å². The fraction of sp³-hybridized carbons (Fsp3) is 0.433. The van der Waals surface area contributed by atoms with Crippen molar-refractivity contribution in [2.45, 2.75) is 32.9 Å². The zero-order chi connectivity index (χ0) is 32.1. The van der Waals surface area contributed by atoms with E-state index in [0.29, 0.717) is 85.7 Å². The van der Waals surface area contributed by atoms with Crippen LogP contribution in [0.5, 0.6) is 0 Å². The zero-order valence-electron chi connectivity index (χ0n) is 25.7. The van der Waals surface area contributed by atoms with Crippen molar-refractivity contribution in [1.29, 1.82) is 0 Å². The summed E-state index contributed by atoms with van der Waals surface area (Å²) in [5.74, 6) is 0.618. The predicted octanol–water partition coefficient (Wildman–Crippen LogP) is 2.12. The van der Waals surface area contributed by atoms with Gasteiger partial charge >= 0.3 is 0 Å². The lowest BCUT2D eigenvalue weighted by atomic mass is 10.1. The van der Waals surface area contributed by atoms with Crippen molar-refractivity contribution in [3.05, 3.63) is 48.3 Å². The third-order valence-corrected chi connectivity index (χ3v) is 6.71. The maximum Gasteiger partial charge on any atom is 0.292 e. The standard InChI is InChI=1S/C30H38N10O6/c1-2-6-42-8-10-44-12-13-45-11-9-43-7-5-25(41)35-17-24-33-15-20(16-34-24)18-40-29-26(28(31)36-19-37-29)27(39-40)21-3-4-23-22(14-21)38-30(32)46-23/h3-4,14-16,19H,2,5-13,17-18H2,1H3,(H2,32,38)(H,35,41)(H2,31,36,37). The molecule has 0 aliphatic rings. The summed E-state index contributed by atoms with van der Waals surface area (Å²) in [5, 5.41) is 8.21. The number of rotatable bonds is 19. The number of oxazole rings is 1. The SMILES string of the molecule is CCCOCCOCCOCCOCCC(=O)NCc1ncc(Cn2nc(-c3ccc4oc(N)nc4c3)c3c(N)ncnc32)cn1. The summed E-state index contributed by atoms with van der Waals surface area (Å²) in [7, 11) is 0. The Bertz CT molecular complexity index is 1710. The van der Waals surface area contributed by atoms with E-state index in [1.54, 1.807) is 23.1 Å². The van der Waals surface area contributed by atoms with E-state index < -0.39 is 0 Å². The van der Waals surface area contributed by atoms with Crippen molar-refractivity contribution in [1.82, 2.24) is 40.0 Å². The number of aromatic nitrogens is 7. The minimum Gasteiger partial charge on any atom is -0.424 e. The van der Waals surface area contributed by atoms with Crippen LogP contribution in [0.2, 0.25) is 0 Å². The second kappa shape index (κ2) is 16.5. The van der Waals surface area contributed by atoms with Gasteiger partial charge in [-0.15, -0.1) is 0 Å². The monoisotopic (exact) mass is 634 g/mol. The van der Waals surface area contributed by atoms with Crippen LogP contribution in [0.3, 0.4) is 0 Å². The van der Waals surface area contributed by atoms with Crippen LogP contribution in [-0.4, -0.2) is 93.5 Å². The van der Waals surface area contributed by atoms with Gasteiger partial charge in [-0.05, 0) is 24.6 Å². The highest BCUT2D eigenvalue weighted by Gasteiger charge is 2.18. The van der Waals surface area contributed by atoms with Crippen molar-refractivity contribution in [2.75, 3.05) is 64.3 Å². The van der Waals surface area contributed by atoms with E-state index in [0.717, 1.165) is 24.2 Å². The van der Waals surface area contributed by atoms with Gasteiger partial charge < -0.3 is 40.1 Å². The molecule has 5 N–H and O–H groups in total. The summed E-state index contributed by atoms with van der Waals surface area (Å²) >= 11 is 0. The number of ether oxygens (including phenoxy) is 4. The average molecular weight is 635 g/mol. The van der Waals surface area contributed by atoms with Crippen LogP contribution < -0.4 is 16.8 Å². The molecule has 0 saturated heterocycles. The molecule has 1 amide bonds. The molecule has 5 aromatic rings. The molecule has 0 atom stereocenters. The number of hydrogen-bond donors (Lipinski definition) is 3. The molecule has 1 aromatic carbocycles. The Hall–Kier alpha value is -4.77. The van der Waals surface area contributed by atoms with Crippen LogP contribution in [0, 0.1) is 0 Å². The molecule has 4 aromatic heterocycles. The second-order valence-electron chi connectivity index (χ2n) is 10.2. The van der Waals surface area contributed by atoms with Gasteiger partial charge in [-0.2, -0.15) is 10.1 Å². The fourth-order valence-corrected chi connectivity index (χ4v) is 4.50. The Balaban J connectivity index is 1.05. The lowest BCUT2D eigenvalue weighted by molar-refractivity contribution is -0.122. The van der Waals surface area contributed by atoms with Crippen LogP contribution in [0.25, 0.3) is 33.4 Å². The van der Waals surface area contributed by atoms with Crippen LogP contribution >= 0.6 is 0 Å². The number of benzene rings is 1. The summed E-state index contributed by atoms with van der Waals surface area (Å²) in [5.41, 5.74) is 15.8. The first-order valence-corrected chi connectivity index (χ1v) is 15.0. The molecule has 0 fully saturated rings. The molecule has 46 heavy (non-hydrogen) atoms. The highest BCUT2D eigenvalue weighted by Crippen LogP contribution is 2.32. The molecule has 0 aliphatic heterocycles. The van der Waals surface area contributed by atoms with Crippen LogP contribution in [0.4, 0.5) is 11.8 Å². The number of carbonyl (C=O) groups excluding carboxylic acids is 1. The first kappa shape index (κ1) is 32.6. The van der Waals surface area contributed by atoms with Gasteiger partial charge in [0.05, 0.1) is 64.7 Å². The van der Waals surface area contributed by atoms with Crippen LogP contribution in [-0.2, 0) is 36.8 Å². The van der Waals surface area contributed by atoms with Gasteiger partial charge in [0.15, 0.2) is 11.2 Å². The van der Waals surface area contributed by atoms with Gasteiger partial charge in [0.25, 0.3) is 6.01 Å². The lowest BCUT2D eigenvalue weighted by Gasteiger charge is -2.08. The van der Waals surface area contributed by atoms with E-state index in [9.17, 15) is 4.79 Å². The number of amides is 1. The summed E-state index contributed by atoms with van der Waals surface area (Å²) in [6.07, 6.45) is 5.98. The average Bonchev–Trinajstić information content (AvgIpc) is 3.62. The molecule has 5 rings (SSSR count). The molecule has 16 heteroatoms. The van der Waals surface area contributed by atoms with E-state index in [1.807, 2.05) is 12.1 Å². The first-order valence-electron chi connectivity index (χ1n) is 15.0. The van der Waals surface area contributed by atoms with Gasteiger partial charge in [-0.1, -0.05) is 6.92 Å². The molecule has 0 spiro atoms. The fourth-order valence-electron chi connectivity index (χ4n) is 4.50. The van der Waals surface area contributed by atoms with Crippen LogP contribution in [0.15, 0.2) is 41.3 Å². The summed E-state index contributed by atoms with van der Waals surface area (Å²) in [4.78, 5) is 33.8. The van der Waals surface area contributed by atoms with Gasteiger partial charge in [0.1, 0.15) is 29.2 Å². The van der Waals surface area contributed by atoms with Crippen molar-refractivity contribution in [2.24, 2.45) is 0 Å². The Kier molecular flexibility index (Phi) is 11.7. The second-order valence-corrected chi connectivity index (χ2v) is 10.2. The molecule has 4 heterocycles. The van der Waals surface area contributed by atoms with Gasteiger partial charge in [-0.25, -0.2) is 24.6 Å². The Morgan fingerprint density at radius 2 is 1.61 bits per heavy atom. The molecule has 244 valence electrons. The highest BCUT2D eigenvalue weighted by molar-refractivity contribution is 5.99. The molecule has 0 saturated carbocycles. The van der Waals surface area contributed by atoms with Gasteiger partial charge in [0.2, 0.25) is 5.91 Å². The van der Waals surface area contributed by atoms with E-state index >= 15 is 0 Å². The normalized spacial score (nSPS) is 11.5. The molecule has 0 unspecified atom stereocenters. The van der Waals surface area contributed by atoms with E-state index in [-0.39, 0.29) is 31.5 Å². The minimum atomic E-state index is -0.161. The number of nitrogen functional groups attached to an aromatic ring is 2. The molecular weight excluding hydrogens is 596 g/mol. The van der Waals surface area contributed by atoms with E-state index in [1.165, 1.54) is 6.33 Å². The minimum absolute atomic E-state index is 0.0848. The molecular formula is C30H38N10O6. The topological polar surface area (TPSA) is 213 Å². The smallest absolute Gasteiger partial charge is 0.292 e. The number of carbonyl (C=O) groups is 1. The maximum absolute atomic E-state index is 12.2. The quantitative estimate of drug-likeness (QED) is 0.111. The number of anilines is 2. The lowest BCUT2D eigenvalue weighted by Crippen LogP contribution is -2.25. The summed E-state index contributed by atoms with van der Waals surface area (Å²) in [6, 6.07) is 5.54. The Morgan fingerprint density at radius 1 is 0.913 bits per heavy atom. The molecule has 16 nitrogen and oxygen atoms in total. The third-order valence-electron chi connectivity index (χ3n) is 6.71. The molecule has 0 aliphatic carbocycles. The maximum atomic E-state index is 12.2. The molecule has 0 bridgehead atoms. The summed E-state index contributed by atoms with van der Waals surface area (Å²) in [6.45, 7) is 6.60. The number of hydrogen-bond acceptors (Lipinski definition) is 14. The first-order chi connectivity index (χ1) is 22.5. The number of nitrogens with zero attached hydrogens (tertiary/aromatic N) is 7. The third kappa shape index (κ3) is 8.91. The number of nitrogens with two attached hydrogens (primary N) is 2. The molecule has 0 radical (unpaired) electrons. The number of nitrogens with one attached hydrogen (secondary N) is 1.